The van der Waals surface area contributed by atoms with E-state index in [1.54, 1.807) is 72.8 Å². The van der Waals surface area contributed by atoms with Crippen molar-refractivity contribution in [2.75, 3.05) is 4.31 Å². The molecule has 0 amide bonds. The van der Waals surface area contributed by atoms with Crippen LogP contribution < -0.4 is 4.31 Å². The van der Waals surface area contributed by atoms with Gasteiger partial charge in [-0.3, -0.25) is 4.31 Å². The first-order valence-corrected chi connectivity index (χ1v) is 13.4. The summed E-state index contributed by atoms with van der Waals surface area (Å²) in [6.45, 7) is 0. The summed E-state index contributed by atoms with van der Waals surface area (Å²) >= 11 is 0. The van der Waals surface area contributed by atoms with Crippen molar-refractivity contribution in [3.05, 3.63) is 114 Å². The number of rotatable bonds is 7. The molecule has 0 aromatic heterocycles. The van der Waals surface area contributed by atoms with Crippen LogP contribution in [-0.2, 0) is 10.0 Å². The number of benzene rings is 4. The van der Waals surface area contributed by atoms with Crippen LogP contribution in [0.5, 0.6) is 11.5 Å². The molecule has 1 saturated heterocycles. The van der Waals surface area contributed by atoms with E-state index in [0.29, 0.717) is 27.9 Å². The second-order valence-electron chi connectivity index (χ2n) is 9.13. The highest BCUT2D eigenvalue weighted by Gasteiger charge is 2.54. The molecule has 8 heteroatoms. The molecule has 1 aliphatic rings. The molecule has 1 fully saturated rings. The molecule has 4 aromatic rings. The third kappa shape index (κ3) is 4.77. The van der Waals surface area contributed by atoms with Crippen molar-refractivity contribution in [3.8, 4) is 22.6 Å². The smallest absolute Gasteiger partial charge is 0.241 e. The second-order valence-corrected chi connectivity index (χ2v) is 11.2. The SMILES string of the molecule is O=S1(=O)C(CCC(O)c2ccc(F)cc2)C(c2ccc(-c3cccc(O)c3)cc2O)N1c1ccccc1. The molecular weight excluding hydrogens is 493 g/mol. The number of aromatic hydroxyl groups is 2. The molecule has 0 bridgehead atoms. The number of phenolic OH excluding ortho intramolecular Hbond substituents is 2. The maximum Gasteiger partial charge on any atom is 0.241 e. The van der Waals surface area contributed by atoms with E-state index in [4.69, 9.17) is 0 Å². The van der Waals surface area contributed by atoms with E-state index in [9.17, 15) is 28.1 Å². The van der Waals surface area contributed by atoms with Gasteiger partial charge >= 0.3 is 0 Å². The van der Waals surface area contributed by atoms with Gasteiger partial charge in [-0.1, -0.05) is 54.6 Å². The van der Waals surface area contributed by atoms with Gasteiger partial charge in [0.05, 0.1) is 17.8 Å². The lowest BCUT2D eigenvalue weighted by Gasteiger charge is -2.48. The molecule has 37 heavy (non-hydrogen) atoms. The van der Waals surface area contributed by atoms with Crippen molar-refractivity contribution in [3.63, 3.8) is 0 Å². The molecule has 0 spiro atoms. The molecule has 0 aliphatic carbocycles. The lowest BCUT2D eigenvalue weighted by molar-refractivity contribution is 0.162. The number of aliphatic hydroxyl groups is 1. The van der Waals surface area contributed by atoms with Crippen molar-refractivity contribution >= 4 is 15.7 Å². The number of sulfonamides is 1. The molecule has 190 valence electrons. The summed E-state index contributed by atoms with van der Waals surface area (Å²) in [4.78, 5) is 0. The Labute approximate surface area is 214 Å². The fraction of sp³-hybridized carbons (Fsp3) is 0.172. The van der Waals surface area contributed by atoms with Crippen LogP contribution in [0.1, 0.15) is 36.1 Å². The Morgan fingerprint density at radius 1 is 0.838 bits per heavy atom. The summed E-state index contributed by atoms with van der Waals surface area (Å²) in [5.74, 6) is -0.382. The predicted molar refractivity (Wildman–Crippen MR) is 140 cm³/mol. The molecule has 3 N–H and O–H groups in total. The van der Waals surface area contributed by atoms with Gasteiger partial charge in [0, 0.05) is 5.56 Å². The highest BCUT2D eigenvalue weighted by molar-refractivity contribution is 7.95. The molecule has 4 aromatic carbocycles. The number of hydrogen-bond acceptors (Lipinski definition) is 5. The van der Waals surface area contributed by atoms with Crippen molar-refractivity contribution in [1.29, 1.82) is 0 Å². The van der Waals surface area contributed by atoms with Crippen LogP contribution >= 0.6 is 0 Å². The summed E-state index contributed by atoms with van der Waals surface area (Å²) in [5.41, 5.74) is 2.83. The zero-order valence-corrected chi connectivity index (χ0v) is 20.6. The van der Waals surface area contributed by atoms with E-state index in [0.717, 1.165) is 0 Å². The van der Waals surface area contributed by atoms with Crippen molar-refractivity contribution < 1.29 is 28.1 Å². The molecule has 3 atom stereocenters. The Bertz CT molecular complexity index is 1510. The first-order valence-electron chi connectivity index (χ1n) is 11.9. The Hall–Kier alpha value is -3.88. The first-order chi connectivity index (χ1) is 17.8. The second kappa shape index (κ2) is 9.88. The summed E-state index contributed by atoms with van der Waals surface area (Å²) in [7, 11) is -3.76. The van der Waals surface area contributed by atoms with Gasteiger partial charge in [-0.2, -0.15) is 0 Å². The van der Waals surface area contributed by atoms with Crippen LogP contribution in [0.25, 0.3) is 11.1 Å². The lowest BCUT2D eigenvalue weighted by Crippen LogP contribution is -2.58. The van der Waals surface area contributed by atoms with Crippen LogP contribution in [0.3, 0.4) is 0 Å². The van der Waals surface area contributed by atoms with Crippen molar-refractivity contribution in [2.24, 2.45) is 0 Å². The third-order valence-corrected chi connectivity index (χ3v) is 9.03. The van der Waals surface area contributed by atoms with Crippen molar-refractivity contribution in [2.45, 2.75) is 30.2 Å². The summed E-state index contributed by atoms with van der Waals surface area (Å²) in [5, 5.41) is 30.6. The predicted octanol–water partition coefficient (Wildman–Crippen LogP) is 5.68. The fourth-order valence-corrected chi connectivity index (χ4v) is 7.02. The summed E-state index contributed by atoms with van der Waals surface area (Å²) in [6, 6.07) is 25.2. The zero-order valence-electron chi connectivity index (χ0n) is 19.8. The van der Waals surface area contributed by atoms with Crippen molar-refractivity contribution in [1.82, 2.24) is 0 Å². The maximum absolute atomic E-state index is 13.4. The summed E-state index contributed by atoms with van der Waals surface area (Å²) < 4.78 is 41.5. The standard InChI is InChI=1S/C29H26FNO5S/c30-22-12-9-19(10-13-22)26(33)15-16-28-29(31(37(28,35)36)23-6-2-1-3-7-23)25-14-11-21(18-27(25)34)20-5-4-8-24(32)17-20/h1-14,17-18,26,28-29,32-34H,15-16H2. The van der Waals surface area contributed by atoms with Crippen LogP contribution in [0.15, 0.2) is 97.1 Å². The number of phenols is 2. The largest absolute Gasteiger partial charge is 0.508 e. The van der Waals surface area contributed by atoms with Crippen LogP contribution in [-0.4, -0.2) is 29.0 Å². The zero-order chi connectivity index (χ0) is 26.2. The van der Waals surface area contributed by atoms with Crippen LogP contribution in [0.2, 0.25) is 0 Å². The number of halogens is 1. The van der Waals surface area contributed by atoms with Crippen LogP contribution in [0.4, 0.5) is 10.1 Å². The Morgan fingerprint density at radius 3 is 2.22 bits per heavy atom. The molecule has 1 heterocycles. The number of anilines is 1. The van der Waals surface area contributed by atoms with Gasteiger partial charge < -0.3 is 15.3 Å². The minimum atomic E-state index is -3.76. The normalized spacial score (nSPS) is 19.2. The highest BCUT2D eigenvalue weighted by atomic mass is 32.2. The Balaban J connectivity index is 1.47. The minimum absolute atomic E-state index is 0.0641. The number of para-hydroxylation sites is 1. The molecule has 6 nitrogen and oxygen atoms in total. The Kier molecular flexibility index (Phi) is 6.62. The monoisotopic (exact) mass is 519 g/mol. The van der Waals surface area contributed by atoms with Gasteiger partial charge in [-0.15, -0.1) is 0 Å². The maximum atomic E-state index is 13.4. The van der Waals surface area contributed by atoms with Gasteiger partial charge in [0.1, 0.15) is 22.6 Å². The summed E-state index contributed by atoms with van der Waals surface area (Å²) in [6.07, 6.45) is -0.664. The molecule has 3 unspecified atom stereocenters. The lowest BCUT2D eigenvalue weighted by atomic mass is 9.93. The van der Waals surface area contributed by atoms with Gasteiger partial charge in [0.25, 0.3) is 0 Å². The third-order valence-electron chi connectivity index (χ3n) is 6.78. The van der Waals surface area contributed by atoms with Crippen LogP contribution in [0, 0.1) is 5.82 Å². The number of nitrogens with zero attached hydrogens (tertiary/aromatic N) is 1. The molecular formula is C29H26FNO5S. The number of aliphatic hydroxyl groups excluding tert-OH is 1. The van der Waals surface area contributed by atoms with E-state index in [2.05, 4.69) is 0 Å². The van der Waals surface area contributed by atoms with Gasteiger partial charge in [-0.25, -0.2) is 12.8 Å². The van der Waals surface area contributed by atoms with Gasteiger partial charge in [-0.05, 0) is 72.0 Å². The average Bonchev–Trinajstić information content (AvgIpc) is 2.88. The van der Waals surface area contributed by atoms with E-state index >= 15 is 0 Å². The number of hydrogen-bond donors (Lipinski definition) is 3. The van der Waals surface area contributed by atoms with E-state index in [1.165, 1.54) is 28.6 Å². The topological polar surface area (TPSA) is 98.1 Å². The van der Waals surface area contributed by atoms with E-state index < -0.39 is 33.2 Å². The van der Waals surface area contributed by atoms with Gasteiger partial charge in [0.2, 0.25) is 10.0 Å². The molecule has 0 saturated carbocycles. The first kappa shape index (κ1) is 24.8. The Morgan fingerprint density at radius 2 is 1.54 bits per heavy atom. The highest BCUT2D eigenvalue weighted by Crippen LogP contribution is 2.50. The molecule has 5 rings (SSSR count). The fourth-order valence-electron chi connectivity index (χ4n) is 4.90. The van der Waals surface area contributed by atoms with E-state index in [1.807, 2.05) is 0 Å². The molecule has 1 aliphatic heterocycles. The average molecular weight is 520 g/mol. The quantitative estimate of drug-likeness (QED) is 0.292. The van der Waals surface area contributed by atoms with E-state index in [-0.39, 0.29) is 24.3 Å². The van der Waals surface area contributed by atoms with Gasteiger partial charge in [0.15, 0.2) is 0 Å². The molecule has 0 radical (unpaired) electrons. The minimum Gasteiger partial charge on any atom is -0.508 e.